The Morgan fingerprint density at radius 2 is 2.00 bits per heavy atom. The number of likely N-dealkylation sites (N-methyl/N-ethyl adjacent to an activating group) is 1. The molecule has 1 atom stereocenters. The third-order valence-corrected chi connectivity index (χ3v) is 4.11. The molecule has 0 amide bonds. The van der Waals surface area contributed by atoms with Gasteiger partial charge in [-0.3, -0.25) is 4.90 Å². The summed E-state index contributed by atoms with van der Waals surface area (Å²) in [7, 11) is 2.12. The molecule has 1 fully saturated rings. The minimum atomic E-state index is -0.452. The van der Waals surface area contributed by atoms with E-state index in [0.717, 1.165) is 36.8 Å². The highest BCUT2D eigenvalue weighted by Crippen LogP contribution is 2.23. The van der Waals surface area contributed by atoms with Crippen LogP contribution in [-0.2, 0) is 6.42 Å². The topological polar surface area (TPSA) is 30.3 Å². The van der Waals surface area contributed by atoms with E-state index in [1.165, 1.54) is 0 Å². The zero-order chi connectivity index (χ0) is 13.9. The van der Waals surface area contributed by atoms with E-state index in [2.05, 4.69) is 22.9 Å². The Bertz CT molecular complexity index is 475. The highest BCUT2D eigenvalue weighted by molar-refractivity contribution is 6.30. The smallest absolute Gasteiger partial charge is 0.110 e. The summed E-state index contributed by atoms with van der Waals surface area (Å²) in [5.74, 6) is 0. The third kappa shape index (κ3) is 3.48. The quantitative estimate of drug-likeness (QED) is 0.850. The Balaban J connectivity index is 2.12. The lowest BCUT2D eigenvalue weighted by atomic mass is 9.91. The molecule has 1 aliphatic heterocycles. The lowest BCUT2D eigenvalue weighted by molar-refractivity contribution is 0.0836. The highest BCUT2D eigenvalue weighted by atomic mass is 35.5. The Morgan fingerprint density at radius 1 is 1.32 bits per heavy atom. The van der Waals surface area contributed by atoms with E-state index in [1.54, 1.807) is 0 Å². The summed E-state index contributed by atoms with van der Waals surface area (Å²) in [6.45, 7) is 5.96. The molecule has 0 aromatic heterocycles. The molecule has 0 aliphatic carbocycles. The van der Waals surface area contributed by atoms with Crippen molar-refractivity contribution in [2.45, 2.75) is 18.9 Å². The first-order valence-electron chi connectivity index (χ1n) is 6.63. The first-order valence-corrected chi connectivity index (χ1v) is 7.00. The maximum atomic E-state index is 9.60. The molecule has 0 radical (unpaired) electrons. The second-order valence-corrected chi connectivity index (χ2v) is 5.92. The number of benzene rings is 1. The molecule has 0 bridgehead atoms. The van der Waals surface area contributed by atoms with E-state index in [1.807, 2.05) is 31.2 Å². The normalized spacial score (nSPS) is 20.7. The van der Waals surface area contributed by atoms with E-state index < -0.39 is 5.54 Å². The lowest BCUT2D eigenvalue weighted by Crippen LogP contribution is -2.55. The molecule has 4 heteroatoms. The van der Waals surface area contributed by atoms with Crippen molar-refractivity contribution in [3.8, 4) is 6.07 Å². The summed E-state index contributed by atoms with van der Waals surface area (Å²) in [6.07, 6.45) is 0.716. The fraction of sp³-hybridized carbons (Fsp3) is 0.533. The minimum Gasteiger partial charge on any atom is -0.304 e. The molecule has 1 saturated heterocycles. The van der Waals surface area contributed by atoms with Crippen molar-refractivity contribution in [3.05, 3.63) is 34.9 Å². The first kappa shape index (κ1) is 14.3. The van der Waals surface area contributed by atoms with Crippen LogP contribution in [0.4, 0.5) is 0 Å². The van der Waals surface area contributed by atoms with Gasteiger partial charge in [-0.25, -0.2) is 0 Å². The second-order valence-electron chi connectivity index (χ2n) is 5.48. The van der Waals surface area contributed by atoms with Gasteiger partial charge in [-0.05, 0) is 31.7 Å². The Kier molecular flexibility index (Phi) is 4.46. The van der Waals surface area contributed by atoms with Crippen LogP contribution >= 0.6 is 11.6 Å². The minimum absolute atomic E-state index is 0.452. The zero-order valence-electron chi connectivity index (χ0n) is 11.6. The van der Waals surface area contributed by atoms with Crippen LogP contribution < -0.4 is 0 Å². The predicted octanol–water partition coefficient (Wildman–Crippen LogP) is 2.41. The molecular formula is C15H20ClN3. The molecule has 1 aromatic carbocycles. The monoisotopic (exact) mass is 277 g/mol. The van der Waals surface area contributed by atoms with E-state index in [9.17, 15) is 5.26 Å². The molecule has 1 unspecified atom stereocenters. The van der Waals surface area contributed by atoms with Crippen molar-refractivity contribution in [1.82, 2.24) is 9.80 Å². The SMILES string of the molecule is CN1CCN(C(C)(C#N)Cc2cccc(Cl)c2)CC1. The largest absolute Gasteiger partial charge is 0.304 e. The van der Waals surface area contributed by atoms with Gasteiger partial charge in [-0.1, -0.05) is 23.7 Å². The second kappa shape index (κ2) is 5.92. The molecule has 1 aliphatic rings. The number of hydrogen-bond acceptors (Lipinski definition) is 3. The van der Waals surface area contributed by atoms with E-state index >= 15 is 0 Å². The fourth-order valence-corrected chi connectivity index (χ4v) is 2.78. The average molecular weight is 278 g/mol. The van der Waals surface area contributed by atoms with Gasteiger partial charge in [0.1, 0.15) is 5.54 Å². The number of nitrogens with zero attached hydrogens (tertiary/aromatic N) is 3. The van der Waals surface area contributed by atoms with Crippen molar-refractivity contribution in [1.29, 1.82) is 5.26 Å². The van der Waals surface area contributed by atoms with Crippen molar-refractivity contribution in [2.24, 2.45) is 0 Å². The van der Waals surface area contributed by atoms with Gasteiger partial charge in [0.25, 0.3) is 0 Å². The van der Waals surface area contributed by atoms with Crippen molar-refractivity contribution in [2.75, 3.05) is 33.2 Å². The van der Waals surface area contributed by atoms with Crippen LogP contribution in [0.2, 0.25) is 5.02 Å². The zero-order valence-corrected chi connectivity index (χ0v) is 12.3. The van der Waals surface area contributed by atoms with Gasteiger partial charge >= 0.3 is 0 Å². The third-order valence-electron chi connectivity index (χ3n) is 3.88. The summed E-state index contributed by atoms with van der Waals surface area (Å²) >= 11 is 6.02. The Labute approximate surface area is 120 Å². The number of nitriles is 1. The van der Waals surface area contributed by atoms with Crippen LogP contribution in [-0.4, -0.2) is 48.6 Å². The summed E-state index contributed by atoms with van der Waals surface area (Å²) in [6, 6.07) is 10.3. The van der Waals surface area contributed by atoms with Crippen LogP contribution in [0.25, 0.3) is 0 Å². The summed E-state index contributed by atoms with van der Waals surface area (Å²) in [5, 5.41) is 10.3. The number of rotatable bonds is 3. The van der Waals surface area contributed by atoms with Gasteiger partial charge in [0.2, 0.25) is 0 Å². The van der Waals surface area contributed by atoms with Crippen LogP contribution in [0.3, 0.4) is 0 Å². The summed E-state index contributed by atoms with van der Waals surface area (Å²) in [5.41, 5.74) is 0.668. The average Bonchev–Trinajstić information content (AvgIpc) is 2.39. The van der Waals surface area contributed by atoms with Crippen LogP contribution in [0.1, 0.15) is 12.5 Å². The number of halogens is 1. The molecule has 2 rings (SSSR count). The van der Waals surface area contributed by atoms with Gasteiger partial charge in [0.15, 0.2) is 0 Å². The van der Waals surface area contributed by atoms with Crippen LogP contribution in [0, 0.1) is 11.3 Å². The van der Waals surface area contributed by atoms with Crippen LogP contribution in [0.5, 0.6) is 0 Å². The van der Waals surface area contributed by atoms with E-state index in [0.29, 0.717) is 6.42 Å². The van der Waals surface area contributed by atoms with Crippen LogP contribution in [0.15, 0.2) is 24.3 Å². The summed E-state index contributed by atoms with van der Waals surface area (Å²) < 4.78 is 0. The highest BCUT2D eigenvalue weighted by Gasteiger charge is 2.33. The lowest BCUT2D eigenvalue weighted by Gasteiger charge is -2.41. The molecule has 1 aromatic rings. The molecule has 1 heterocycles. The first-order chi connectivity index (χ1) is 9.03. The van der Waals surface area contributed by atoms with Crippen molar-refractivity contribution in [3.63, 3.8) is 0 Å². The van der Waals surface area contributed by atoms with Crippen molar-refractivity contribution < 1.29 is 0 Å². The van der Waals surface area contributed by atoms with E-state index in [4.69, 9.17) is 11.6 Å². The van der Waals surface area contributed by atoms with E-state index in [-0.39, 0.29) is 0 Å². The van der Waals surface area contributed by atoms with Gasteiger partial charge in [-0.15, -0.1) is 0 Å². The molecule has 0 spiro atoms. The number of hydrogen-bond donors (Lipinski definition) is 0. The van der Waals surface area contributed by atoms with Gasteiger partial charge < -0.3 is 4.90 Å². The molecule has 19 heavy (non-hydrogen) atoms. The Morgan fingerprint density at radius 3 is 2.58 bits per heavy atom. The molecule has 3 nitrogen and oxygen atoms in total. The molecular weight excluding hydrogens is 258 g/mol. The maximum absolute atomic E-state index is 9.60. The fourth-order valence-electron chi connectivity index (χ4n) is 2.57. The van der Waals surface area contributed by atoms with Gasteiger partial charge in [-0.2, -0.15) is 5.26 Å². The Hall–Kier alpha value is -1.08. The van der Waals surface area contributed by atoms with Gasteiger partial charge in [0.05, 0.1) is 6.07 Å². The number of piperazine rings is 1. The standard InChI is InChI=1S/C15H20ClN3/c1-15(12-17,19-8-6-18(2)7-9-19)11-13-4-3-5-14(16)10-13/h3-5,10H,6-9,11H2,1-2H3. The summed E-state index contributed by atoms with van der Waals surface area (Å²) in [4.78, 5) is 4.58. The van der Waals surface area contributed by atoms with Crippen molar-refractivity contribution >= 4 is 11.6 Å². The molecule has 102 valence electrons. The van der Waals surface area contributed by atoms with Gasteiger partial charge in [0, 0.05) is 37.6 Å². The maximum Gasteiger partial charge on any atom is 0.110 e. The molecule has 0 saturated carbocycles. The molecule has 0 N–H and O–H groups in total. The predicted molar refractivity (Wildman–Crippen MR) is 78.2 cm³/mol.